The van der Waals surface area contributed by atoms with Crippen molar-refractivity contribution < 1.29 is 21.6 Å². The van der Waals surface area contributed by atoms with Crippen LogP contribution < -0.4 is 14.3 Å². The molecular formula is C29H29N3O5S2. The summed E-state index contributed by atoms with van der Waals surface area (Å²) in [5, 5.41) is 2.75. The highest BCUT2D eigenvalue weighted by atomic mass is 32.2. The SMILES string of the molecule is Cc1cccc(C)c1NS(=O)(=O)c1ccc(NC(=O)c2ccc(CN(c3ccccc3)S(C)(=O)=O)cc2)cc1. The molecule has 0 saturated heterocycles. The van der Waals surface area contributed by atoms with Crippen molar-refractivity contribution in [3.05, 3.63) is 119 Å². The number of hydrogen-bond donors (Lipinski definition) is 2. The average Bonchev–Trinajstić information content (AvgIpc) is 2.90. The molecule has 10 heteroatoms. The van der Waals surface area contributed by atoms with E-state index in [1.807, 2.05) is 38.1 Å². The monoisotopic (exact) mass is 563 g/mol. The summed E-state index contributed by atoms with van der Waals surface area (Å²) in [4.78, 5) is 12.8. The lowest BCUT2D eigenvalue weighted by molar-refractivity contribution is 0.102. The van der Waals surface area contributed by atoms with Crippen LogP contribution in [-0.2, 0) is 26.6 Å². The Morgan fingerprint density at radius 1 is 0.744 bits per heavy atom. The number of carbonyl (C=O) groups excluding carboxylic acids is 1. The van der Waals surface area contributed by atoms with E-state index in [-0.39, 0.29) is 17.3 Å². The van der Waals surface area contributed by atoms with Gasteiger partial charge < -0.3 is 5.32 Å². The highest BCUT2D eigenvalue weighted by Gasteiger charge is 2.19. The molecule has 0 radical (unpaired) electrons. The minimum absolute atomic E-state index is 0.0707. The number of hydrogen-bond acceptors (Lipinski definition) is 5. The molecule has 8 nitrogen and oxygen atoms in total. The Labute approximate surface area is 229 Å². The van der Waals surface area contributed by atoms with Crippen molar-refractivity contribution >= 4 is 43.0 Å². The fourth-order valence-corrected chi connectivity index (χ4v) is 6.10. The van der Waals surface area contributed by atoms with Crippen LogP contribution in [0.3, 0.4) is 0 Å². The summed E-state index contributed by atoms with van der Waals surface area (Å²) in [6.45, 7) is 3.79. The predicted molar refractivity (Wildman–Crippen MR) is 155 cm³/mol. The molecule has 0 spiro atoms. The molecule has 0 bridgehead atoms. The summed E-state index contributed by atoms with van der Waals surface area (Å²) in [5.74, 6) is -0.381. The molecule has 0 aliphatic heterocycles. The molecule has 1 amide bonds. The molecule has 39 heavy (non-hydrogen) atoms. The lowest BCUT2D eigenvalue weighted by Crippen LogP contribution is -2.29. The van der Waals surface area contributed by atoms with Crippen LogP contribution in [0.4, 0.5) is 17.1 Å². The Morgan fingerprint density at radius 3 is 1.90 bits per heavy atom. The minimum Gasteiger partial charge on any atom is -0.322 e. The standard InChI is InChI=1S/C29H29N3O5S2/c1-21-8-7-9-22(2)28(21)31-39(36,37)27-18-16-25(17-19-27)30-29(33)24-14-12-23(13-15-24)20-32(38(3,34)35)26-10-5-4-6-11-26/h4-19,31H,20H2,1-3H3,(H,30,33). The molecular weight excluding hydrogens is 534 g/mol. The van der Waals surface area contributed by atoms with E-state index >= 15 is 0 Å². The van der Waals surface area contributed by atoms with Gasteiger partial charge in [0.25, 0.3) is 15.9 Å². The van der Waals surface area contributed by atoms with Crippen LogP contribution in [0.1, 0.15) is 27.0 Å². The lowest BCUT2D eigenvalue weighted by atomic mass is 10.1. The van der Waals surface area contributed by atoms with E-state index in [0.717, 1.165) is 17.4 Å². The zero-order chi connectivity index (χ0) is 28.2. The van der Waals surface area contributed by atoms with Crippen LogP contribution in [0.15, 0.2) is 102 Å². The smallest absolute Gasteiger partial charge is 0.261 e. The number of aryl methyl sites for hydroxylation is 2. The first-order valence-electron chi connectivity index (χ1n) is 12.1. The third kappa shape index (κ3) is 6.84. The van der Waals surface area contributed by atoms with Crippen molar-refractivity contribution in [2.24, 2.45) is 0 Å². The molecule has 4 aromatic rings. The van der Waals surface area contributed by atoms with Crippen LogP contribution in [-0.4, -0.2) is 29.0 Å². The quantitative estimate of drug-likeness (QED) is 0.286. The maximum Gasteiger partial charge on any atom is 0.261 e. The predicted octanol–water partition coefficient (Wildman–Crippen LogP) is 5.32. The third-order valence-corrected chi connectivity index (χ3v) is 8.63. The second kappa shape index (κ2) is 11.3. The van der Waals surface area contributed by atoms with Crippen LogP contribution in [0, 0.1) is 13.8 Å². The van der Waals surface area contributed by atoms with E-state index in [2.05, 4.69) is 10.0 Å². The van der Waals surface area contributed by atoms with E-state index in [1.54, 1.807) is 48.5 Å². The number of amides is 1. The normalized spacial score (nSPS) is 11.6. The van der Waals surface area contributed by atoms with Crippen LogP contribution in [0.2, 0.25) is 0 Å². The summed E-state index contributed by atoms with van der Waals surface area (Å²) in [5.41, 5.74) is 4.25. The molecule has 202 valence electrons. The van der Waals surface area contributed by atoms with Crippen molar-refractivity contribution in [2.45, 2.75) is 25.3 Å². The second-order valence-electron chi connectivity index (χ2n) is 9.15. The molecule has 0 saturated carbocycles. The summed E-state index contributed by atoms with van der Waals surface area (Å²) in [7, 11) is -7.32. The first-order valence-corrected chi connectivity index (χ1v) is 15.4. The topological polar surface area (TPSA) is 113 Å². The van der Waals surface area contributed by atoms with E-state index in [1.165, 1.54) is 28.6 Å². The Bertz CT molecular complexity index is 1670. The van der Waals surface area contributed by atoms with Crippen molar-refractivity contribution in [3.63, 3.8) is 0 Å². The summed E-state index contributed by atoms with van der Waals surface area (Å²) in [6.07, 6.45) is 1.15. The van der Waals surface area contributed by atoms with Crippen LogP contribution >= 0.6 is 0 Å². The lowest BCUT2D eigenvalue weighted by Gasteiger charge is -2.22. The summed E-state index contributed by atoms with van der Waals surface area (Å²) < 4.78 is 54.4. The first kappa shape index (κ1) is 27.9. The van der Waals surface area contributed by atoms with Gasteiger partial charge >= 0.3 is 0 Å². The fourth-order valence-electron chi connectivity index (χ4n) is 4.01. The van der Waals surface area contributed by atoms with Crippen LogP contribution in [0.25, 0.3) is 0 Å². The van der Waals surface area contributed by atoms with Gasteiger partial charge in [0, 0.05) is 11.3 Å². The Balaban J connectivity index is 1.43. The van der Waals surface area contributed by atoms with Gasteiger partial charge in [-0.1, -0.05) is 48.5 Å². The van der Waals surface area contributed by atoms with Crippen molar-refractivity contribution in [1.82, 2.24) is 0 Å². The highest BCUT2D eigenvalue weighted by molar-refractivity contribution is 7.92. The molecule has 0 atom stereocenters. The molecule has 0 aromatic heterocycles. The Hall–Kier alpha value is -4.15. The van der Waals surface area contributed by atoms with Gasteiger partial charge in [-0.05, 0) is 79.1 Å². The van der Waals surface area contributed by atoms with Crippen molar-refractivity contribution in [3.8, 4) is 0 Å². The van der Waals surface area contributed by atoms with Gasteiger partial charge in [-0.25, -0.2) is 16.8 Å². The third-order valence-electron chi connectivity index (χ3n) is 6.13. The van der Waals surface area contributed by atoms with E-state index < -0.39 is 20.0 Å². The number of rotatable bonds is 9. The number of benzene rings is 4. The molecule has 0 unspecified atom stereocenters. The molecule has 0 fully saturated rings. The van der Waals surface area contributed by atoms with Crippen molar-refractivity contribution in [2.75, 3.05) is 20.6 Å². The van der Waals surface area contributed by atoms with Gasteiger partial charge in [-0.2, -0.15) is 0 Å². The van der Waals surface area contributed by atoms with Gasteiger partial charge in [0.2, 0.25) is 10.0 Å². The van der Waals surface area contributed by atoms with Crippen LogP contribution in [0.5, 0.6) is 0 Å². The number of nitrogens with zero attached hydrogens (tertiary/aromatic N) is 1. The van der Waals surface area contributed by atoms with E-state index in [0.29, 0.717) is 28.2 Å². The second-order valence-corrected chi connectivity index (χ2v) is 12.7. The van der Waals surface area contributed by atoms with Gasteiger partial charge in [0.05, 0.1) is 29.1 Å². The summed E-state index contributed by atoms with van der Waals surface area (Å²) >= 11 is 0. The van der Waals surface area contributed by atoms with Gasteiger partial charge in [0.1, 0.15) is 0 Å². The fraction of sp³-hybridized carbons (Fsp3) is 0.138. The molecule has 4 rings (SSSR count). The number of para-hydroxylation sites is 2. The maximum atomic E-state index is 12.9. The Morgan fingerprint density at radius 2 is 1.33 bits per heavy atom. The average molecular weight is 564 g/mol. The number of anilines is 3. The zero-order valence-electron chi connectivity index (χ0n) is 21.7. The minimum atomic E-state index is -3.81. The van der Waals surface area contributed by atoms with E-state index in [4.69, 9.17) is 0 Å². The molecule has 2 N–H and O–H groups in total. The largest absolute Gasteiger partial charge is 0.322 e. The number of carbonyl (C=O) groups is 1. The van der Waals surface area contributed by atoms with Gasteiger partial charge in [-0.3, -0.25) is 13.8 Å². The highest BCUT2D eigenvalue weighted by Crippen LogP contribution is 2.25. The number of sulfonamides is 2. The number of nitrogens with one attached hydrogen (secondary N) is 2. The van der Waals surface area contributed by atoms with E-state index in [9.17, 15) is 21.6 Å². The zero-order valence-corrected chi connectivity index (χ0v) is 23.4. The van der Waals surface area contributed by atoms with Gasteiger partial charge in [-0.15, -0.1) is 0 Å². The maximum absolute atomic E-state index is 12.9. The van der Waals surface area contributed by atoms with Gasteiger partial charge in [0.15, 0.2) is 0 Å². The molecule has 0 aliphatic rings. The Kier molecular flexibility index (Phi) is 8.08. The molecule has 0 aliphatic carbocycles. The summed E-state index contributed by atoms with van der Waals surface area (Å²) in [6, 6.07) is 26.9. The molecule has 0 heterocycles. The van der Waals surface area contributed by atoms with Crippen molar-refractivity contribution in [1.29, 1.82) is 0 Å². The molecule has 4 aromatic carbocycles. The first-order chi connectivity index (χ1) is 18.4.